The zero-order valence-electron chi connectivity index (χ0n) is 8.03. The van der Waals surface area contributed by atoms with Crippen LogP contribution in [0.3, 0.4) is 0 Å². The van der Waals surface area contributed by atoms with Gasteiger partial charge in [-0.05, 0) is 28.7 Å². The Hall–Kier alpha value is -0.620. The van der Waals surface area contributed by atoms with Crippen molar-refractivity contribution in [2.24, 2.45) is 0 Å². The molecule has 0 unspecified atom stereocenters. The first-order valence-electron chi connectivity index (χ1n) is 3.94. The van der Waals surface area contributed by atoms with Gasteiger partial charge >= 0.3 is 6.18 Å². The molecule has 0 aliphatic carbocycles. The molecule has 0 saturated heterocycles. The molecule has 100 valence electrons. The molecular weight excluding hydrogens is 413 g/mol. The van der Waals surface area contributed by atoms with Crippen LogP contribution >= 0.6 is 33.3 Å². The summed E-state index contributed by atoms with van der Waals surface area (Å²) in [5.74, 6) is 0. The van der Waals surface area contributed by atoms with E-state index in [-0.39, 0.29) is 6.07 Å². The van der Waals surface area contributed by atoms with E-state index in [0.717, 1.165) is 22.6 Å². The average Bonchev–Trinajstić information content (AvgIpc) is 2.12. The number of nitrogens with zero attached hydrogens (tertiary/aromatic N) is 1. The number of hydrogen-bond acceptors (Lipinski definition) is 4. The van der Waals surface area contributed by atoms with Crippen molar-refractivity contribution in [1.29, 1.82) is 0 Å². The fourth-order valence-electron chi connectivity index (χ4n) is 1.13. The highest BCUT2D eigenvalue weighted by Gasteiger charge is 2.41. The Labute approximate surface area is 117 Å². The molecule has 0 radical (unpaired) electrons. The van der Waals surface area contributed by atoms with Crippen molar-refractivity contribution in [1.82, 2.24) is 0 Å². The number of nitro benzene ring substituents is 1. The SMILES string of the molecule is O=[N+]([O-])c1cc(S(=O)(=O)Cl)cc(I)c1C(F)(F)F. The molecule has 0 aliphatic rings. The molecule has 0 fully saturated rings. The van der Waals surface area contributed by atoms with Crippen molar-refractivity contribution in [2.75, 3.05) is 0 Å². The van der Waals surface area contributed by atoms with Crippen molar-refractivity contribution in [3.63, 3.8) is 0 Å². The van der Waals surface area contributed by atoms with E-state index in [2.05, 4.69) is 0 Å². The van der Waals surface area contributed by atoms with Crippen LogP contribution in [-0.4, -0.2) is 13.3 Å². The first kappa shape index (κ1) is 15.4. The second-order valence-corrected chi connectivity index (χ2v) is 6.72. The molecule has 0 atom stereocenters. The van der Waals surface area contributed by atoms with Crippen LogP contribution in [0.25, 0.3) is 0 Å². The van der Waals surface area contributed by atoms with Crippen molar-refractivity contribution in [3.8, 4) is 0 Å². The van der Waals surface area contributed by atoms with Crippen LogP contribution in [-0.2, 0) is 15.2 Å². The number of nitro groups is 1. The van der Waals surface area contributed by atoms with Gasteiger partial charge in [0.2, 0.25) is 0 Å². The topological polar surface area (TPSA) is 77.3 Å². The Morgan fingerprint density at radius 1 is 1.33 bits per heavy atom. The largest absolute Gasteiger partial charge is 0.424 e. The van der Waals surface area contributed by atoms with E-state index in [1.165, 1.54) is 0 Å². The third-order valence-electron chi connectivity index (χ3n) is 1.80. The van der Waals surface area contributed by atoms with Crippen LogP contribution in [0.1, 0.15) is 5.56 Å². The molecule has 0 amide bonds. The van der Waals surface area contributed by atoms with Gasteiger partial charge < -0.3 is 0 Å². The predicted molar refractivity (Wildman–Crippen MR) is 63.9 cm³/mol. The Bertz CT molecular complexity index is 616. The van der Waals surface area contributed by atoms with E-state index in [9.17, 15) is 31.7 Å². The average molecular weight is 416 g/mol. The highest BCUT2D eigenvalue weighted by Crippen LogP contribution is 2.40. The number of hydrogen-bond donors (Lipinski definition) is 0. The lowest BCUT2D eigenvalue weighted by atomic mass is 10.2. The molecule has 0 saturated carbocycles. The fourth-order valence-corrected chi connectivity index (χ4v) is 3.04. The van der Waals surface area contributed by atoms with Gasteiger partial charge in [-0.15, -0.1) is 0 Å². The zero-order valence-corrected chi connectivity index (χ0v) is 11.8. The number of halogens is 5. The van der Waals surface area contributed by atoms with Gasteiger partial charge in [-0.25, -0.2) is 8.42 Å². The number of rotatable bonds is 2. The highest BCUT2D eigenvalue weighted by atomic mass is 127. The van der Waals surface area contributed by atoms with Gasteiger partial charge in [-0.2, -0.15) is 13.2 Å². The van der Waals surface area contributed by atoms with Crippen LogP contribution in [0.15, 0.2) is 17.0 Å². The molecule has 0 heterocycles. The molecule has 5 nitrogen and oxygen atoms in total. The Morgan fingerprint density at radius 2 is 1.83 bits per heavy atom. The molecule has 1 rings (SSSR count). The Balaban J connectivity index is 3.73. The van der Waals surface area contributed by atoms with Gasteiger partial charge in [0, 0.05) is 20.3 Å². The Morgan fingerprint density at radius 3 is 2.17 bits per heavy atom. The molecule has 18 heavy (non-hydrogen) atoms. The molecule has 1 aromatic carbocycles. The number of benzene rings is 1. The zero-order chi connectivity index (χ0) is 14.3. The minimum Gasteiger partial charge on any atom is -0.258 e. The first-order chi connectivity index (χ1) is 7.94. The summed E-state index contributed by atoms with van der Waals surface area (Å²) in [5, 5.41) is 10.6. The summed E-state index contributed by atoms with van der Waals surface area (Å²) in [6, 6.07) is 0.909. The van der Waals surface area contributed by atoms with Gasteiger partial charge in [0.25, 0.3) is 14.7 Å². The van der Waals surface area contributed by atoms with E-state index in [1.807, 2.05) is 0 Å². The van der Waals surface area contributed by atoms with Gasteiger partial charge in [0.05, 0.1) is 9.82 Å². The molecular formula is C7H2ClF3INO4S. The summed E-state index contributed by atoms with van der Waals surface area (Å²) in [6.07, 6.45) is -4.96. The standard InChI is InChI=1S/C7H2ClF3INO4S/c8-18(16,17)3-1-4(12)6(7(9,10)11)5(2-3)13(14)15/h1-2H. The van der Waals surface area contributed by atoms with E-state index in [1.54, 1.807) is 0 Å². The lowest BCUT2D eigenvalue weighted by molar-refractivity contribution is -0.388. The summed E-state index contributed by atoms with van der Waals surface area (Å²) >= 11 is 1.16. The normalized spacial score (nSPS) is 12.5. The van der Waals surface area contributed by atoms with Crippen LogP contribution in [0.5, 0.6) is 0 Å². The van der Waals surface area contributed by atoms with E-state index >= 15 is 0 Å². The van der Waals surface area contributed by atoms with Crippen molar-refractivity contribution >= 4 is 48.0 Å². The van der Waals surface area contributed by atoms with Crippen LogP contribution in [0.4, 0.5) is 18.9 Å². The van der Waals surface area contributed by atoms with E-state index in [0.29, 0.717) is 6.07 Å². The maximum atomic E-state index is 12.6. The predicted octanol–water partition coefficient (Wildman–Crippen LogP) is 3.15. The molecule has 0 bridgehead atoms. The van der Waals surface area contributed by atoms with Crippen molar-refractivity contribution < 1.29 is 26.5 Å². The van der Waals surface area contributed by atoms with Crippen LogP contribution in [0.2, 0.25) is 0 Å². The maximum absolute atomic E-state index is 12.6. The fraction of sp³-hybridized carbons (Fsp3) is 0.143. The lowest BCUT2D eigenvalue weighted by Crippen LogP contribution is -2.12. The summed E-state index contributed by atoms with van der Waals surface area (Å²) in [7, 11) is 0.591. The Kier molecular flexibility index (Phi) is 4.13. The lowest BCUT2D eigenvalue weighted by Gasteiger charge is -2.10. The second-order valence-electron chi connectivity index (χ2n) is 2.99. The summed E-state index contributed by atoms with van der Waals surface area (Å²) in [6.45, 7) is 0. The van der Waals surface area contributed by atoms with Crippen molar-refractivity contribution in [2.45, 2.75) is 11.1 Å². The third-order valence-corrected chi connectivity index (χ3v) is 3.99. The van der Waals surface area contributed by atoms with Gasteiger partial charge in [-0.3, -0.25) is 10.1 Å². The van der Waals surface area contributed by atoms with Crippen LogP contribution < -0.4 is 0 Å². The second kappa shape index (κ2) is 4.81. The van der Waals surface area contributed by atoms with E-state index in [4.69, 9.17) is 10.7 Å². The van der Waals surface area contributed by atoms with Gasteiger partial charge in [0.15, 0.2) is 0 Å². The van der Waals surface area contributed by atoms with Crippen molar-refractivity contribution in [3.05, 3.63) is 31.4 Å². The molecule has 0 aromatic heterocycles. The highest BCUT2D eigenvalue weighted by molar-refractivity contribution is 14.1. The van der Waals surface area contributed by atoms with Gasteiger partial charge in [0.1, 0.15) is 5.56 Å². The quantitative estimate of drug-likeness (QED) is 0.322. The molecule has 0 aliphatic heterocycles. The summed E-state index contributed by atoms with van der Waals surface area (Å²) < 4.78 is 59.2. The monoisotopic (exact) mass is 415 g/mol. The maximum Gasteiger partial charge on any atom is 0.424 e. The number of alkyl halides is 3. The molecule has 11 heteroatoms. The molecule has 0 N–H and O–H groups in total. The minimum atomic E-state index is -4.96. The van der Waals surface area contributed by atoms with E-state index < -0.39 is 39.9 Å². The van der Waals surface area contributed by atoms with Crippen LogP contribution in [0, 0.1) is 13.7 Å². The summed E-state index contributed by atoms with van der Waals surface area (Å²) in [4.78, 5) is 8.50. The summed E-state index contributed by atoms with van der Waals surface area (Å²) in [5.41, 5.74) is -2.86. The first-order valence-corrected chi connectivity index (χ1v) is 7.33. The minimum absolute atomic E-state index is 0.285. The smallest absolute Gasteiger partial charge is 0.258 e. The third kappa shape index (κ3) is 3.23. The molecule has 1 aromatic rings. The molecule has 0 spiro atoms. The van der Waals surface area contributed by atoms with Gasteiger partial charge in [-0.1, -0.05) is 0 Å².